The van der Waals surface area contributed by atoms with Crippen LogP contribution < -0.4 is 0 Å². The van der Waals surface area contributed by atoms with Crippen molar-refractivity contribution >= 4 is 5.97 Å². The van der Waals surface area contributed by atoms with E-state index >= 15 is 0 Å². The lowest BCUT2D eigenvalue weighted by molar-refractivity contribution is -0.140. The second-order valence-electron chi connectivity index (χ2n) is 4.07. The van der Waals surface area contributed by atoms with Gasteiger partial charge in [-0.1, -0.05) is 6.92 Å². The van der Waals surface area contributed by atoms with Crippen LogP contribution in [-0.4, -0.2) is 21.0 Å². The maximum absolute atomic E-state index is 11.1. The van der Waals surface area contributed by atoms with E-state index in [0.717, 1.165) is 17.8 Å². The van der Waals surface area contributed by atoms with Gasteiger partial charge < -0.3 is 5.11 Å². The van der Waals surface area contributed by atoms with Crippen molar-refractivity contribution in [2.75, 3.05) is 0 Å². The van der Waals surface area contributed by atoms with Gasteiger partial charge in [-0.15, -0.1) is 0 Å². The van der Waals surface area contributed by atoms with Crippen LogP contribution in [0.4, 0.5) is 0 Å². The Morgan fingerprint density at radius 3 is 2.67 bits per heavy atom. The molecular weight excluding hydrogens is 192 g/mol. The molecule has 0 saturated heterocycles. The summed E-state index contributed by atoms with van der Waals surface area (Å²) in [5.74, 6) is -0.304. The molecule has 80 valence electrons. The molecule has 0 unspecified atom stereocenters. The number of aliphatic carboxylic acids is 1. The SMILES string of the molecule is CCc1cc(C)nc(C2(C(=O)O)CC2)n1. The molecule has 0 spiro atoms. The van der Waals surface area contributed by atoms with Crippen molar-refractivity contribution in [1.82, 2.24) is 9.97 Å². The molecular formula is C11H14N2O2. The lowest BCUT2D eigenvalue weighted by atomic mass is 10.1. The van der Waals surface area contributed by atoms with Gasteiger partial charge in [0.05, 0.1) is 0 Å². The number of carboxylic acid groups (broad SMARTS) is 1. The third-order valence-electron chi connectivity index (χ3n) is 2.86. The van der Waals surface area contributed by atoms with Gasteiger partial charge in [0.2, 0.25) is 0 Å². The second-order valence-corrected chi connectivity index (χ2v) is 4.07. The number of carboxylic acids is 1. The maximum Gasteiger partial charge on any atom is 0.317 e. The summed E-state index contributed by atoms with van der Waals surface area (Å²) in [5.41, 5.74) is 0.991. The summed E-state index contributed by atoms with van der Waals surface area (Å²) in [4.78, 5) is 19.7. The number of nitrogens with zero attached hydrogens (tertiary/aromatic N) is 2. The Morgan fingerprint density at radius 2 is 2.20 bits per heavy atom. The average molecular weight is 206 g/mol. The van der Waals surface area contributed by atoms with Crippen LogP contribution in [0, 0.1) is 6.92 Å². The Morgan fingerprint density at radius 1 is 1.53 bits per heavy atom. The zero-order valence-corrected chi connectivity index (χ0v) is 8.95. The first kappa shape index (κ1) is 10.1. The van der Waals surface area contributed by atoms with Gasteiger partial charge in [0.25, 0.3) is 0 Å². The Hall–Kier alpha value is -1.45. The van der Waals surface area contributed by atoms with Crippen LogP contribution >= 0.6 is 0 Å². The van der Waals surface area contributed by atoms with Crippen molar-refractivity contribution in [1.29, 1.82) is 0 Å². The molecule has 1 aliphatic rings. The minimum Gasteiger partial charge on any atom is -0.480 e. The normalized spacial score (nSPS) is 17.5. The summed E-state index contributed by atoms with van der Waals surface area (Å²) >= 11 is 0. The summed E-state index contributed by atoms with van der Waals surface area (Å²) in [5, 5.41) is 9.13. The standard InChI is InChI=1S/C11H14N2O2/c1-3-8-6-7(2)12-9(13-8)11(4-5-11)10(14)15/h6H,3-5H2,1-2H3,(H,14,15). The fourth-order valence-corrected chi connectivity index (χ4v) is 1.69. The smallest absolute Gasteiger partial charge is 0.317 e. The van der Waals surface area contributed by atoms with Crippen LogP contribution in [-0.2, 0) is 16.6 Å². The lowest BCUT2D eigenvalue weighted by Crippen LogP contribution is -2.23. The molecule has 0 atom stereocenters. The predicted molar refractivity (Wildman–Crippen MR) is 54.7 cm³/mol. The fourth-order valence-electron chi connectivity index (χ4n) is 1.69. The van der Waals surface area contributed by atoms with Gasteiger partial charge in [0.1, 0.15) is 11.2 Å². The molecule has 4 nitrogen and oxygen atoms in total. The molecule has 1 fully saturated rings. The number of rotatable bonds is 3. The van der Waals surface area contributed by atoms with Gasteiger partial charge in [-0.3, -0.25) is 4.79 Å². The van der Waals surface area contributed by atoms with Crippen molar-refractivity contribution in [3.63, 3.8) is 0 Å². The Labute approximate surface area is 88.4 Å². The highest BCUT2D eigenvalue weighted by Gasteiger charge is 2.54. The van der Waals surface area contributed by atoms with E-state index in [9.17, 15) is 4.79 Å². The molecule has 1 saturated carbocycles. The molecule has 0 amide bonds. The molecule has 2 rings (SSSR count). The molecule has 0 aliphatic heterocycles. The lowest BCUT2D eigenvalue weighted by Gasteiger charge is -2.10. The highest BCUT2D eigenvalue weighted by atomic mass is 16.4. The number of hydrogen-bond acceptors (Lipinski definition) is 3. The van der Waals surface area contributed by atoms with Crippen molar-refractivity contribution in [3.8, 4) is 0 Å². The predicted octanol–water partition coefficient (Wildman–Crippen LogP) is 1.46. The van der Waals surface area contributed by atoms with Gasteiger partial charge in [-0.25, -0.2) is 9.97 Å². The highest BCUT2D eigenvalue weighted by molar-refractivity contribution is 5.83. The molecule has 0 bridgehead atoms. The van der Waals surface area contributed by atoms with Crippen molar-refractivity contribution in [2.24, 2.45) is 0 Å². The monoisotopic (exact) mass is 206 g/mol. The molecule has 1 aliphatic carbocycles. The van der Waals surface area contributed by atoms with E-state index in [4.69, 9.17) is 5.11 Å². The summed E-state index contributed by atoms with van der Waals surface area (Å²) in [6.45, 7) is 3.88. The largest absolute Gasteiger partial charge is 0.480 e. The average Bonchev–Trinajstić information content (AvgIpc) is 2.97. The number of aryl methyl sites for hydroxylation is 2. The zero-order chi connectivity index (χ0) is 11.1. The van der Waals surface area contributed by atoms with Gasteiger partial charge in [-0.05, 0) is 32.3 Å². The molecule has 15 heavy (non-hydrogen) atoms. The summed E-state index contributed by atoms with van der Waals surface area (Å²) in [7, 11) is 0. The number of hydrogen-bond donors (Lipinski definition) is 1. The first-order chi connectivity index (χ1) is 7.08. The van der Waals surface area contributed by atoms with Crippen molar-refractivity contribution < 1.29 is 9.90 Å². The third-order valence-corrected chi connectivity index (χ3v) is 2.86. The van der Waals surface area contributed by atoms with Crippen LogP contribution in [0.1, 0.15) is 37.0 Å². The molecule has 1 aromatic heterocycles. The van der Waals surface area contributed by atoms with Crippen LogP contribution in [0.3, 0.4) is 0 Å². The van der Waals surface area contributed by atoms with Gasteiger partial charge in [-0.2, -0.15) is 0 Å². The quantitative estimate of drug-likeness (QED) is 0.813. The minimum atomic E-state index is -0.796. The summed E-state index contributed by atoms with van der Waals surface area (Å²) in [6.07, 6.45) is 2.13. The molecule has 0 radical (unpaired) electrons. The molecule has 1 aromatic rings. The number of aromatic nitrogens is 2. The van der Waals surface area contributed by atoms with E-state index in [1.54, 1.807) is 0 Å². The Balaban J connectivity index is 2.44. The third kappa shape index (κ3) is 1.60. The Bertz CT molecular complexity index is 411. The first-order valence-corrected chi connectivity index (χ1v) is 5.17. The minimum absolute atomic E-state index is 0.492. The van der Waals surface area contributed by atoms with E-state index in [0.29, 0.717) is 18.7 Å². The van der Waals surface area contributed by atoms with E-state index in [-0.39, 0.29) is 0 Å². The fraction of sp³-hybridized carbons (Fsp3) is 0.545. The first-order valence-electron chi connectivity index (χ1n) is 5.17. The molecule has 1 heterocycles. The maximum atomic E-state index is 11.1. The van der Waals surface area contributed by atoms with Crippen molar-refractivity contribution in [3.05, 3.63) is 23.3 Å². The summed E-state index contributed by atoms with van der Waals surface area (Å²) in [6, 6.07) is 1.90. The molecule has 0 aromatic carbocycles. The van der Waals surface area contributed by atoms with Crippen LogP contribution in [0.2, 0.25) is 0 Å². The van der Waals surface area contributed by atoms with E-state index in [1.807, 2.05) is 19.9 Å². The van der Waals surface area contributed by atoms with Gasteiger partial charge >= 0.3 is 5.97 Å². The van der Waals surface area contributed by atoms with Crippen LogP contribution in [0.15, 0.2) is 6.07 Å². The van der Waals surface area contributed by atoms with Gasteiger partial charge in [0.15, 0.2) is 0 Å². The topological polar surface area (TPSA) is 63.1 Å². The van der Waals surface area contributed by atoms with E-state index in [1.165, 1.54) is 0 Å². The van der Waals surface area contributed by atoms with Gasteiger partial charge in [0, 0.05) is 11.4 Å². The highest BCUT2D eigenvalue weighted by Crippen LogP contribution is 2.46. The van der Waals surface area contributed by atoms with Crippen molar-refractivity contribution in [2.45, 2.75) is 38.5 Å². The van der Waals surface area contributed by atoms with Crippen LogP contribution in [0.25, 0.3) is 0 Å². The zero-order valence-electron chi connectivity index (χ0n) is 8.95. The number of carbonyl (C=O) groups is 1. The molecule has 4 heteroatoms. The second kappa shape index (κ2) is 3.29. The van der Waals surface area contributed by atoms with Crippen LogP contribution in [0.5, 0.6) is 0 Å². The molecule has 1 N–H and O–H groups in total. The van der Waals surface area contributed by atoms with E-state index < -0.39 is 11.4 Å². The Kier molecular flexibility index (Phi) is 2.21. The van der Waals surface area contributed by atoms with E-state index in [2.05, 4.69) is 9.97 Å². The summed E-state index contributed by atoms with van der Waals surface area (Å²) < 4.78 is 0.